The maximum Gasteiger partial charge on any atom is 0.126 e. The molecule has 20 heavy (non-hydrogen) atoms. The number of anilines is 1. The van der Waals surface area contributed by atoms with Crippen LogP contribution in [-0.4, -0.2) is 42.7 Å². The molecule has 1 atom stereocenters. The number of aromatic nitrogens is 1. The SMILES string of the molecule is CCCNc1cc(CN(CCOC)C(C)CC)ccn1. The molecule has 4 nitrogen and oxygen atoms in total. The maximum atomic E-state index is 5.22. The smallest absolute Gasteiger partial charge is 0.126 e. The molecule has 0 bridgehead atoms. The third kappa shape index (κ3) is 5.88. The van der Waals surface area contributed by atoms with Crippen molar-refractivity contribution in [1.29, 1.82) is 0 Å². The van der Waals surface area contributed by atoms with Gasteiger partial charge in [-0.3, -0.25) is 4.90 Å². The van der Waals surface area contributed by atoms with Crippen LogP contribution in [0.15, 0.2) is 18.3 Å². The van der Waals surface area contributed by atoms with Crippen LogP contribution < -0.4 is 5.32 Å². The number of hydrogen-bond donors (Lipinski definition) is 1. The van der Waals surface area contributed by atoms with E-state index in [0.717, 1.165) is 44.9 Å². The van der Waals surface area contributed by atoms with E-state index in [1.807, 2.05) is 6.20 Å². The molecule has 0 radical (unpaired) electrons. The lowest BCUT2D eigenvalue weighted by Crippen LogP contribution is -2.34. The lowest BCUT2D eigenvalue weighted by atomic mass is 10.1. The van der Waals surface area contributed by atoms with Crippen LogP contribution in [0.25, 0.3) is 0 Å². The predicted octanol–water partition coefficient (Wildman–Crippen LogP) is 3.15. The third-order valence-electron chi connectivity index (χ3n) is 3.56. The molecule has 1 rings (SSSR count). The second-order valence-electron chi connectivity index (χ2n) is 5.20. The predicted molar refractivity (Wildman–Crippen MR) is 85.1 cm³/mol. The molecule has 1 N–H and O–H groups in total. The molecular weight excluding hydrogens is 250 g/mol. The Hall–Kier alpha value is -1.13. The van der Waals surface area contributed by atoms with Gasteiger partial charge < -0.3 is 10.1 Å². The van der Waals surface area contributed by atoms with Gasteiger partial charge in [0, 0.05) is 39.0 Å². The largest absolute Gasteiger partial charge is 0.383 e. The molecule has 0 spiro atoms. The fourth-order valence-corrected chi connectivity index (χ4v) is 2.08. The molecule has 0 aliphatic rings. The molecule has 114 valence electrons. The van der Waals surface area contributed by atoms with Crippen molar-refractivity contribution in [3.05, 3.63) is 23.9 Å². The molecule has 0 aromatic carbocycles. The minimum absolute atomic E-state index is 0.561. The Balaban J connectivity index is 2.66. The Labute approximate surface area is 123 Å². The van der Waals surface area contributed by atoms with Crippen molar-refractivity contribution in [2.45, 2.75) is 46.2 Å². The van der Waals surface area contributed by atoms with Crippen LogP contribution in [0, 0.1) is 0 Å². The summed E-state index contributed by atoms with van der Waals surface area (Å²) in [5.41, 5.74) is 1.30. The molecule has 1 heterocycles. The highest BCUT2D eigenvalue weighted by molar-refractivity contribution is 5.37. The van der Waals surface area contributed by atoms with Gasteiger partial charge >= 0.3 is 0 Å². The molecule has 0 saturated carbocycles. The first-order valence-electron chi connectivity index (χ1n) is 7.63. The molecule has 4 heteroatoms. The standard InChI is InChI=1S/C16H29N3O/c1-5-8-17-16-12-15(7-9-18-16)13-19(10-11-20-4)14(3)6-2/h7,9,12,14H,5-6,8,10-11,13H2,1-4H3,(H,17,18). The molecule has 1 aromatic heterocycles. The number of rotatable bonds is 10. The minimum atomic E-state index is 0.561. The number of ether oxygens (including phenoxy) is 1. The van der Waals surface area contributed by atoms with Crippen LogP contribution >= 0.6 is 0 Å². The summed E-state index contributed by atoms with van der Waals surface area (Å²) in [5, 5.41) is 3.34. The Morgan fingerprint density at radius 2 is 2.20 bits per heavy atom. The summed E-state index contributed by atoms with van der Waals surface area (Å²) >= 11 is 0. The fraction of sp³-hybridized carbons (Fsp3) is 0.688. The third-order valence-corrected chi connectivity index (χ3v) is 3.56. The van der Waals surface area contributed by atoms with Crippen molar-refractivity contribution in [2.24, 2.45) is 0 Å². The van der Waals surface area contributed by atoms with E-state index in [2.05, 4.69) is 48.1 Å². The van der Waals surface area contributed by atoms with E-state index in [1.165, 1.54) is 5.56 Å². The van der Waals surface area contributed by atoms with E-state index < -0.39 is 0 Å². The number of hydrogen-bond acceptors (Lipinski definition) is 4. The molecule has 0 aliphatic carbocycles. The fourth-order valence-electron chi connectivity index (χ4n) is 2.08. The second-order valence-corrected chi connectivity index (χ2v) is 5.20. The van der Waals surface area contributed by atoms with Crippen LogP contribution in [0.3, 0.4) is 0 Å². The summed E-state index contributed by atoms with van der Waals surface area (Å²) in [5.74, 6) is 0.972. The second kappa shape index (κ2) is 9.72. The highest BCUT2D eigenvalue weighted by Gasteiger charge is 2.12. The monoisotopic (exact) mass is 279 g/mol. The van der Waals surface area contributed by atoms with Crippen LogP contribution in [0.5, 0.6) is 0 Å². The average molecular weight is 279 g/mol. The Bertz CT molecular complexity index is 370. The first-order valence-corrected chi connectivity index (χ1v) is 7.63. The number of nitrogens with one attached hydrogen (secondary N) is 1. The Morgan fingerprint density at radius 3 is 2.85 bits per heavy atom. The minimum Gasteiger partial charge on any atom is -0.383 e. The normalized spacial score (nSPS) is 12.7. The molecule has 1 aromatic rings. The summed E-state index contributed by atoms with van der Waals surface area (Å²) < 4.78 is 5.22. The van der Waals surface area contributed by atoms with Gasteiger partial charge in [-0.2, -0.15) is 0 Å². The van der Waals surface area contributed by atoms with Crippen molar-refractivity contribution in [2.75, 3.05) is 32.1 Å². The summed E-state index contributed by atoms with van der Waals surface area (Å²) in [6.45, 7) is 10.3. The highest BCUT2D eigenvalue weighted by atomic mass is 16.5. The van der Waals surface area contributed by atoms with E-state index in [0.29, 0.717) is 6.04 Å². The molecular formula is C16H29N3O. The quantitative estimate of drug-likeness (QED) is 0.714. The van der Waals surface area contributed by atoms with E-state index >= 15 is 0 Å². The molecule has 0 fully saturated rings. The van der Waals surface area contributed by atoms with Crippen LogP contribution in [0.4, 0.5) is 5.82 Å². The molecule has 0 amide bonds. The van der Waals surface area contributed by atoms with Crippen molar-refractivity contribution in [1.82, 2.24) is 9.88 Å². The maximum absolute atomic E-state index is 5.22. The summed E-state index contributed by atoms with van der Waals surface area (Å²) in [6.07, 6.45) is 4.15. The number of methoxy groups -OCH3 is 1. The van der Waals surface area contributed by atoms with Gasteiger partial charge in [0.05, 0.1) is 6.61 Å². The van der Waals surface area contributed by atoms with E-state index in [4.69, 9.17) is 4.74 Å². The zero-order chi connectivity index (χ0) is 14.8. The van der Waals surface area contributed by atoms with Gasteiger partial charge in [0.2, 0.25) is 0 Å². The average Bonchev–Trinajstić information content (AvgIpc) is 2.49. The number of nitrogens with zero attached hydrogens (tertiary/aromatic N) is 2. The summed E-state index contributed by atoms with van der Waals surface area (Å²) in [6, 6.07) is 4.81. The van der Waals surface area contributed by atoms with Crippen LogP contribution in [0.2, 0.25) is 0 Å². The van der Waals surface area contributed by atoms with E-state index in [1.54, 1.807) is 7.11 Å². The van der Waals surface area contributed by atoms with Gasteiger partial charge in [0.15, 0.2) is 0 Å². The lowest BCUT2D eigenvalue weighted by molar-refractivity contribution is 0.118. The van der Waals surface area contributed by atoms with Gasteiger partial charge in [-0.05, 0) is 37.5 Å². The first-order chi connectivity index (χ1) is 9.71. The summed E-state index contributed by atoms with van der Waals surface area (Å²) in [4.78, 5) is 6.82. The molecule has 1 unspecified atom stereocenters. The van der Waals surface area contributed by atoms with E-state index in [-0.39, 0.29) is 0 Å². The zero-order valence-corrected chi connectivity index (χ0v) is 13.4. The topological polar surface area (TPSA) is 37.4 Å². The zero-order valence-electron chi connectivity index (χ0n) is 13.4. The van der Waals surface area contributed by atoms with Gasteiger partial charge in [0.1, 0.15) is 5.82 Å². The first kappa shape index (κ1) is 16.9. The molecule has 0 aliphatic heterocycles. The summed E-state index contributed by atoms with van der Waals surface area (Å²) in [7, 11) is 1.76. The van der Waals surface area contributed by atoms with Gasteiger partial charge in [0.25, 0.3) is 0 Å². The van der Waals surface area contributed by atoms with Crippen LogP contribution in [0.1, 0.15) is 39.2 Å². The van der Waals surface area contributed by atoms with Crippen LogP contribution in [-0.2, 0) is 11.3 Å². The number of pyridine rings is 1. The van der Waals surface area contributed by atoms with Gasteiger partial charge in [-0.25, -0.2) is 4.98 Å². The van der Waals surface area contributed by atoms with Crippen molar-refractivity contribution >= 4 is 5.82 Å². The van der Waals surface area contributed by atoms with Crippen molar-refractivity contribution in [3.63, 3.8) is 0 Å². The molecule has 0 saturated heterocycles. The van der Waals surface area contributed by atoms with Crippen molar-refractivity contribution in [3.8, 4) is 0 Å². The highest BCUT2D eigenvalue weighted by Crippen LogP contribution is 2.13. The Kier molecular flexibility index (Phi) is 8.23. The van der Waals surface area contributed by atoms with E-state index in [9.17, 15) is 0 Å². The van der Waals surface area contributed by atoms with Gasteiger partial charge in [-0.15, -0.1) is 0 Å². The van der Waals surface area contributed by atoms with Gasteiger partial charge in [-0.1, -0.05) is 13.8 Å². The van der Waals surface area contributed by atoms with Crippen molar-refractivity contribution < 1.29 is 4.74 Å². The Morgan fingerprint density at radius 1 is 1.40 bits per heavy atom. The lowest BCUT2D eigenvalue weighted by Gasteiger charge is -2.28.